The van der Waals surface area contributed by atoms with E-state index in [9.17, 15) is 9.59 Å². The number of carbonyl (C=O) groups is 2. The Bertz CT molecular complexity index is 757. The minimum Gasteiger partial charge on any atom is -0.378 e. The van der Waals surface area contributed by atoms with E-state index in [0.717, 1.165) is 22.9 Å². The Balaban J connectivity index is 1.68. The normalized spacial score (nSPS) is 17.5. The number of thioether (sulfide) groups is 1. The number of nitrogens with one attached hydrogen (secondary N) is 1. The molecule has 3 N–H and O–H groups in total. The molecule has 1 heterocycles. The molecule has 1 aliphatic heterocycles. The topological polar surface area (TPSA) is 84.5 Å². The third kappa shape index (κ3) is 3.78. The van der Waals surface area contributed by atoms with E-state index >= 15 is 0 Å². The maximum absolute atomic E-state index is 12.2. The SMILES string of the molecule is NC1=NC(=O)C[C@H](C(=O)Nc2ccc(-c3ccccc3)cc2)S1. The van der Waals surface area contributed by atoms with Gasteiger partial charge in [0.1, 0.15) is 5.25 Å². The number of aliphatic imine (C=N–C) groups is 1. The fourth-order valence-corrected chi connectivity index (χ4v) is 3.12. The highest BCUT2D eigenvalue weighted by Crippen LogP contribution is 2.24. The van der Waals surface area contributed by atoms with Crippen LogP contribution in [0.3, 0.4) is 0 Å². The lowest BCUT2D eigenvalue weighted by molar-refractivity contribution is -0.121. The van der Waals surface area contributed by atoms with Gasteiger partial charge in [-0.1, -0.05) is 54.2 Å². The number of rotatable bonds is 3. The van der Waals surface area contributed by atoms with Gasteiger partial charge in [-0.05, 0) is 23.3 Å². The van der Waals surface area contributed by atoms with Crippen molar-refractivity contribution in [3.05, 3.63) is 54.6 Å². The monoisotopic (exact) mass is 325 g/mol. The van der Waals surface area contributed by atoms with E-state index in [-0.39, 0.29) is 23.4 Å². The zero-order valence-electron chi connectivity index (χ0n) is 12.2. The number of benzene rings is 2. The van der Waals surface area contributed by atoms with Crippen LogP contribution >= 0.6 is 11.8 Å². The maximum Gasteiger partial charge on any atom is 0.249 e. The minimum atomic E-state index is -0.534. The lowest BCUT2D eigenvalue weighted by Crippen LogP contribution is -2.33. The Labute approximate surface area is 138 Å². The molecule has 116 valence electrons. The second-order valence-electron chi connectivity index (χ2n) is 5.09. The fourth-order valence-electron chi connectivity index (χ4n) is 2.29. The molecule has 2 amide bonds. The van der Waals surface area contributed by atoms with Crippen molar-refractivity contribution in [1.82, 2.24) is 0 Å². The fraction of sp³-hybridized carbons (Fsp3) is 0.118. The molecule has 2 aromatic carbocycles. The van der Waals surface area contributed by atoms with E-state index < -0.39 is 5.25 Å². The van der Waals surface area contributed by atoms with Crippen LogP contribution in [0.5, 0.6) is 0 Å². The van der Waals surface area contributed by atoms with Crippen molar-refractivity contribution in [1.29, 1.82) is 0 Å². The van der Waals surface area contributed by atoms with Gasteiger partial charge in [0.2, 0.25) is 11.8 Å². The first-order valence-corrected chi connectivity index (χ1v) is 8.00. The molecule has 0 aliphatic carbocycles. The van der Waals surface area contributed by atoms with E-state index in [1.54, 1.807) is 0 Å². The van der Waals surface area contributed by atoms with Crippen molar-refractivity contribution in [3.8, 4) is 11.1 Å². The third-order valence-corrected chi connectivity index (χ3v) is 4.41. The molecular formula is C17H15N3O2S. The molecular weight excluding hydrogens is 310 g/mol. The number of anilines is 1. The first-order chi connectivity index (χ1) is 11.1. The van der Waals surface area contributed by atoms with Gasteiger partial charge >= 0.3 is 0 Å². The van der Waals surface area contributed by atoms with E-state index in [1.165, 1.54) is 0 Å². The van der Waals surface area contributed by atoms with Crippen LogP contribution in [0.1, 0.15) is 6.42 Å². The van der Waals surface area contributed by atoms with Crippen molar-refractivity contribution in [2.75, 3.05) is 5.32 Å². The van der Waals surface area contributed by atoms with E-state index in [4.69, 9.17) is 5.73 Å². The maximum atomic E-state index is 12.2. The van der Waals surface area contributed by atoms with Crippen molar-refractivity contribution < 1.29 is 9.59 Å². The molecule has 23 heavy (non-hydrogen) atoms. The summed E-state index contributed by atoms with van der Waals surface area (Å²) in [6, 6.07) is 17.6. The molecule has 1 aliphatic rings. The van der Waals surface area contributed by atoms with Gasteiger partial charge in [-0.3, -0.25) is 9.59 Å². The van der Waals surface area contributed by atoms with Crippen LogP contribution in [-0.4, -0.2) is 22.2 Å². The van der Waals surface area contributed by atoms with E-state index in [1.807, 2.05) is 54.6 Å². The highest BCUT2D eigenvalue weighted by molar-refractivity contribution is 8.15. The summed E-state index contributed by atoms with van der Waals surface area (Å²) in [5.41, 5.74) is 8.41. The highest BCUT2D eigenvalue weighted by atomic mass is 32.2. The number of amidine groups is 1. The molecule has 0 fully saturated rings. The molecule has 1 atom stereocenters. The Morgan fingerprint density at radius 1 is 1.09 bits per heavy atom. The summed E-state index contributed by atoms with van der Waals surface area (Å²) < 4.78 is 0. The first kappa shape index (κ1) is 15.3. The number of nitrogens with zero attached hydrogens (tertiary/aromatic N) is 1. The predicted molar refractivity (Wildman–Crippen MR) is 93.1 cm³/mol. The predicted octanol–water partition coefficient (Wildman–Crippen LogP) is 2.64. The van der Waals surface area contributed by atoms with Crippen LogP contribution < -0.4 is 11.1 Å². The van der Waals surface area contributed by atoms with Crippen molar-refractivity contribution in [3.63, 3.8) is 0 Å². The third-order valence-electron chi connectivity index (χ3n) is 3.41. The molecule has 0 aromatic heterocycles. The molecule has 0 radical (unpaired) electrons. The summed E-state index contributed by atoms with van der Waals surface area (Å²) in [5, 5.41) is 2.42. The minimum absolute atomic E-state index is 0.0687. The van der Waals surface area contributed by atoms with Gasteiger partial charge < -0.3 is 11.1 Å². The van der Waals surface area contributed by atoms with Crippen LogP contribution in [0.15, 0.2) is 59.6 Å². The first-order valence-electron chi connectivity index (χ1n) is 7.12. The second kappa shape index (κ2) is 6.66. The summed E-state index contributed by atoms with van der Waals surface area (Å²) in [7, 11) is 0. The lowest BCUT2D eigenvalue weighted by Gasteiger charge is -2.17. The van der Waals surface area contributed by atoms with Gasteiger partial charge in [-0.2, -0.15) is 4.99 Å². The molecule has 6 heteroatoms. The molecule has 2 aromatic rings. The van der Waals surface area contributed by atoms with Crippen molar-refractivity contribution in [2.45, 2.75) is 11.7 Å². The van der Waals surface area contributed by atoms with Gasteiger partial charge in [0.25, 0.3) is 0 Å². The summed E-state index contributed by atoms with van der Waals surface area (Å²) in [6.45, 7) is 0. The molecule has 0 spiro atoms. The average molecular weight is 325 g/mol. The smallest absolute Gasteiger partial charge is 0.249 e. The van der Waals surface area contributed by atoms with Gasteiger partial charge in [-0.25, -0.2) is 0 Å². The standard InChI is InChI=1S/C17H15N3O2S/c18-17-20-15(21)10-14(23-17)16(22)19-13-8-6-12(7-9-13)11-4-2-1-3-5-11/h1-9,14H,10H2,(H,19,22)(H2,18,20,21)/t14-/m1/s1. The molecule has 0 saturated carbocycles. The van der Waals surface area contributed by atoms with E-state index in [2.05, 4.69) is 10.3 Å². The number of nitrogens with two attached hydrogens (primary N) is 1. The Morgan fingerprint density at radius 3 is 2.39 bits per heavy atom. The largest absolute Gasteiger partial charge is 0.378 e. The van der Waals surface area contributed by atoms with Crippen molar-refractivity contribution in [2.24, 2.45) is 10.7 Å². The Kier molecular flexibility index (Phi) is 4.43. The Morgan fingerprint density at radius 2 is 1.74 bits per heavy atom. The zero-order valence-corrected chi connectivity index (χ0v) is 13.0. The van der Waals surface area contributed by atoms with Gasteiger partial charge in [-0.15, -0.1) is 0 Å². The molecule has 0 bridgehead atoms. The van der Waals surface area contributed by atoms with Crippen molar-refractivity contribution >= 4 is 34.4 Å². The number of hydrogen-bond acceptors (Lipinski definition) is 4. The van der Waals surface area contributed by atoms with Gasteiger partial charge in [0.15, 0.2) is 5.17 Å². The van der Waals surface area contributed by atoms with Crippen LogP contribution in [0.25, 0.3) is 11.1 Å². The van der Waals surface area contributed by atoms with E-state index in [0.29, 0.717) is 5.69 Å². The molecule has 3 rings (SSSR count). The quantitative estimate of drug-likeness (QED) is 0.908. The van der Waals surface area contributed by atoms with Crippen LogP contribution in [-0.2, 0) is 9.59 Å². The van der Waals surface area contributed by atoms with Crippen LogP contribution in [0.2, 0.25) is 0 Å². The molecule has 5 nitrogen and oxygen atoms in total. The second-order valence-corrected chi connectivity index (χ2v) is 6.31. The number of amides is 2. The van der Waals surface area contributed by atoms with Gasteiger partial charge in [0.05, 0.1) is 6.42 Å². The highest BCUT2D eigenvalue weighted by Gasteiger charge is 2.27. The summed E-state index contributed by atoms with van der Waals surface area (Å²) in [6.07, 6.45) is 0.0687. The van der Waals surface area contributed by atoms with Crippen LogP contribution in [0.4, 0.5) is 5.69 Å². The van der Waals surface area contributed by atoms with Crippen LogP contribution in [0, 0.1) is 0 Å². The zero-order chi connectivity index (χ0) is 16.2. The Hall–Kier alpha value is -2.60. The molecule has 0 unspecified atom stereocenters. The lowest BCUT2D eigenvalue weighted by atomic mass is 10.1. The average Bonchev–Trinajstić information content (AvgIpc) is 2.55. The number of carbonyl (C=O) groups excluding carboxylic acids is 2. The summed E-state index contributed by atoms with van der Waals surface area (Å²) in [4.78, 5) is 27.2. The summed E-state index contributed by atoms with van der Waals surface area (Å²) in [5.74, 6) is -0.602. The number of hydrogen-bond donors (Lipinski definition) is 2. The van der Waals surface area contributed by atoms with Gasteiger partial charge in [0, 0.05) is 5.69 Å². The summed E-state index contributed by atoms with van der Waals surface area (Å²) >= 11 is 1.11. The molecule has 0 saturated heterocycles.